The normalized spacial score (nSPS) is 20.2. The van der Waals surface area contributed by atoms with Crippen LogP contribution in [0, 0.1) is 17.1 Å². The summed E-state index contributed by atoms with van der Waals surface area (Å²) >= 11 is 11.8. The Morgan fingerprint density at radius 3 is 2.95 bits per heavy atom. The van der Waals surface area contributed by atoms with E-state index in [4.69, 9.17) is 33.2 Å². The minimum absolute atomic E-state index is 0.00546. The molecule has 3 nitrogen and oxygen atoms in total. The second-order valence-electron chi connectivity index (χ2n) is 4.36. The molecule has 6 heteroatoms. The van der Waals surface area contributed by atoms with E-state index in [1.54, 1.807) is 0 Å². The van der Waals surface area contributed by atoms with Gasteiger partial charge in [-0.25, -0.2) is 4.39 Å². The summed E-state index contributed by atoms with van der Waals surface area (Å²) in [5.41, 5.74) is 0.602. The van der Waals surface area contributed by atoms with Gasteiger partial charge in [-0.3, -0.25) is 4.90 Å². The molecule has 0 amide bonds. The molecule has 1 atom stereocenters. The van der Waals surface area contributed by atoms with Crippen LogP contribution in [-0.2, 0) is 4.74 Å². The van der Waals surface area contributed by atoms with Gasteiger partial charge in [0.2, 0.25) is 0 Å². The second kappa shape index (κ2) is 6.53. The van der Waals surface area contributed by atoms with Crippen molar-refractivity contribution in [2.45, 2.75) is 12.5 Å². The van der Waals surface area contributed by atoms with E-state index in [9.17, 15) is 4.39 Å². The Labute approximate surface area is 121 Å². The van der Waals surface area contributed by atoms with Gasteiger partial charge in [-0.1, -0.05) is 23.2 Å². The first kappa shape index (κ1) is 14.5. The lowest BCUT2D eigenvalue weighted by Gasteiger charge is -2.33. The van der Waals surface area contributed by atoms with Gasteiger partial charge in [0.25, 0.3) is 0 Å². The quantitative estimate of drug-likeness (QED) is 0.803. The number of hydrogen-bond acceptors (Lipinski definition) is 3. The summed E-state index contributed by atoms with van der Waals surface area (Å²) in [4.78, 5) is 2.11. The van der Waals surface area contributed by atoms with E-state index < -0.39 is 5.82 Å². The van der Waals surface area contributed by atoms with Crippen LogP contribution in [0.5, 0.6) is 0 Å². The third-order valence-electron chi connectivity index (χ3n) is 3.08. The Hall–Kier alpha value is -0.860. The molecule has 1 fully saturated rings. The minimum Gasteiger partial charge on any atom is -0.371 e. The number of nitriles is 1. The topological polar surface area (TPSA) is 36.3 Å². The van der Waals surface area contributed by atoms with E-state index in [1.165, 1.54) is 12.1 Å². The van der Waals surface area contributed by atoms with E-state index in [-0.39, 0.29) is 11.1 Å². The van der Waals surface area contributed by atoms with Crippen molar-refractivity contribution in [3.05, 3.63) is 33.6 Å². The van der Waals surface area contributed by atoms with E-state index in [2.05, 4.69) is 11.0 Å². The Morgan fingerprint density at radius 1 is 1.42 bits per heavy atom. The molecule has 0 saturated carbocycles. The van der Waals surface area contributed by atoms with Crippen LogP contribution in [0.15, 0.2) is 12.1 Å². The van der Waals surface area contributed by atoms with Crippen molar-refractivity contribution in [2.24, 2.45) is 0 Å². The summed E-state index contributed by atoms with van der Waals surface area (Å²) in [5.74, 6) is -0.501. The average molecular weight is 303 g/mol. The molecule has 0 spiro atoms. The molecule has 0 N–H and O–H groups in total. The molecule has 1 aromatic rings. The molecule has 0 bridgehead atoms. The Bertz CT molecular complexity index is 504. The number of rotatable bonds is 3. The van der Waals surface area contributed by atoms with Crippen LogP contribution in [0.4, 0.5) is 4.39 Å². The summed E-state index contributed by atoms with van der Waals surface area (Å²) < 4.78 is 19.1. The Morgan fingerprint density at radius 2 is 2.21 bits per heavy atom. The zero-order chi connectivity index (χ0) is 13.8. The minimum atomic E-state index is -0.501. The number of ether oxygens (including phenoxy) is 1. The van der Waals surface area contributed by atoms with Crippen LogP contribution in [0.2, 0.25) is 10.0 Å². The second-order valence-corrected chi connectivity index (χ2v) is 5.17. The molecule has 19 heavy (non-hydrogen) atoms. The van der Waals surface area contributed by atoms with Crippen molar-refractivity contribution in [3.63, 3.8) is 0 Å². The molecule has 0 unspecified atom stereocenters. The predicted octanol–water partition coefficient (Wildman–Crippen LogP) is 3.42. The standard InChI is InChI=1S/C13H13Cl2FN2O/c14-10-7-11(15)12(16)6-9(10)13-8-18(3-1-2-17)4-5-19-13/h6-7,13H,1,3-5,8H2/t13-/m0/s1. The number of hydrogen-bond donors (Lipinski definition) is 0. The summed E-state index contributed by atoms with van der Waals surface area (Å²) in [6, 6.07) is 4.83. The summed E-state index contributed by atoms with van der Waals surface area (Å²) in [7, 11) is 0. The van der Waals surface area contributed by atoms with Gasteiger partial charge < -0.3 is 4.74 Å². The SMILES string of the molecule is N#CCCN1CCO[C@H](c2cc(F)c(Cl)cc2Cl)C1. The smallest absolute Gasteiger partial charge is 0.142 e. The van der Waals surface area contributed by atoms with E-state index in [0.717, 1.165) is 6.54 Å². The predicted molar refractivity (Wildman–Crippen MR) is 71.8 cm³/mol. The summed E-state index contributed by atoms with van der Waals surface area (Å²) in [6.07, 6.45) is 0.182. The fourth-order valence-corrected chi connectivity index (χ4v) is 2.59. The van der Waals surface area contributed by atoms with Gasteiger partial charge >= 0.3 is 0 Å². The van der Waals surface area contributed by atoms with Gasteiger partial charge in [0.1, 0.15) is 5.82 Å². The van der Waals surface area contributed by atoms with Gasteiger partial charge in [-0.15, -0.1) is 0 Å². The average Bonchev–Trinajstić information content (AvgIpc) is 2.41. The van der Waals surface area contributed by atoms with E-state index >= 15 is 0 Å². The van der Waals surface area contributed by atoms with Crippen LogP contribution in [-0.4, -0.2) is 31.1 Å². The summed E-state index contributed by atoms with van der Waals surface area (Å²) in [6.45, 7) is 2.59. The fourth-order valence-electron chi connectivity index (χ4n) is 2.09. The monoisotopic (exact) mass is 302 g/mol. The van der Waals surface area contributed by atoms with Crippen molar-refractivity contribution >= 4 is 23.2 Å². The molecule has 0 aliphatic carbocycles. The van der Waals surface area contributed by atoms with Gasteiger partial charge in [-0.2, -0.15) is 5.26 Å². The van der Waals surface area contributed by atoms with Gasteiger partial charge in [0.05, 0.1) is 23.8 Å². The number of morpholine rings is 1. The molecule has 1 heterocycles. The zero-order valence-electron chi connectivity index (χ0n) is 10.2. The maximum atomic E-state index is 13.5. The van der Waals surface area contributed by atoms with E-state index in [0.29, 0.717) is 36.7 Å². The molecule has 1 saturated heterocycles. The first-order valence-corrected chi connectivity index (χ1v) is 6.72. The van der Waals surface area contributed by atoms with Crippen molar-refractivity contribution in [3.8, 4) is 6.07 Å². The highest BCUT2D eigenvalue weighted by Crippen LogP contribution is 2.32. The highest BCUT2D eigenvalue weighted by molar-refractivity contribution is 6.35. The molecular formula is C13H13Cl2FN2O. The Balaban J connectivity index is 2.13. The molecule has 102 valence electrons. The van der Waals surface area contributed by atoms with Crippen LogP contribution >= 0.6 is 23.2 Å². The van der Waals surface area contributed by atoms with Crippen molar-refractivity contribution in [1.82, 2.24) is 4.90 Å². The molecule has 2 rings (SSSR count). The number of halogens is 3. The zero-order valence-corrected chi connectivity index (χ0v) is 11.7. The number of nitrogens with zero attached hydrogens (tertiary/aromatic N) is 2. The van der Waals surface area contributed by atoms with Crippen LogP contribution in [0.25, 0.3) is 0 Å². The maximum Gasteiger partial charge on any atom is 0.142 e. The lowest BCUT2D eigenvalue weighted by Crippen LogP contribution is -2.38. The van der Waals surface area contributed by atoms with Crippen LogP contribution in [0.1, 0.15) is 18.1 Å². The maximum absolute atomic E-state index is 13.5. The highest BCUT2D eigenvalue weighted by atomic mass is 35.5. The van der Waals surface area contributed by atoms with Crippen molar-refractivity contribution in [1.29, 1.82) is 5.26 Å². The third-order valence-corrected chi connectivity index (χ3v) is 3.69. The summed E-state index contributed by atoms with van der Waals surface area (Å²) in [5, 5.41) is 9.00. The van der Waals surface area contributed by atoms with Gasteiger partial charge in [0.15, 0.2) is 0 Å². The largest absolute Gasteiger partial charge is 0.371 e. The molecule has 0 aromatic heterocycles. The first-order chi connectivity index (χ1) is 9.11. The van der Waals surface area contributed by atoms with Gasteiger partial charge in [0, 0.05) is 36.6 Å². The van der Waals surface area contributed by atoms with Crippen LogP contribution in [0.3, 0.4) is 0 Å². The van der Waals surface area contributed by atoms with Crippen molar-refractivity contribution < 1.29 is 9.13 Å². The van der Waals surface area contributed by atoms with Crippen molar-refractivity contribution in [2.75, 3.05) is 26.2 Å². The first-order valence-electron chi connectivity index (χ1n) is 5.97. The van der Waals surface area contributed by atoms with E-state index in [1.807, 2.05) is 0 Å². The molecule has 1 aliphatic heterocycles. The molecule has 1 aromatic carbocycles. The Kier molecular flexibility index (Phi) is 5.00. The number of benzene rings is 1. The third kappa shape index (κ3) is 3.58. The lowest BCUT2D eigenvalue weighted by molar-refractivity contribution is -0.0293. The molecule has 0 radical (unpaired) electrons. The van der Waals surface area contributed by atoms with Gasteiger partial charge in [-0.05, 0) is 12.1 Å². The lowest BCUT2D eigenvalue weighted by atomic mass is 10.1. The highest BCUT2D eigenvalue weighted by Gasteiger charge is 2.24. The fraction of sp³-hybridized carbons (Fsp3) is 0.462. The molecular weight excluding hydrogens is 290 g/mol. The molecule has 1 aliphatic rings. The van der Waals surface area contributed by atoms with Crippen LogP contribution < -0.4 is 0 Å².